The number of aryl methyl sites for hydroxylation is 1. The van der Waals surface area contributed by atoms with Gasteiger partial charge in [0, 0.05) is 30.6 Å². The minimum atomic E-state index is -0.505. The number of hydrogen-bond acceptors (Lipinski definition) is 5. The molecule has 132 valence electrons. The van der Waals surface area contributed by atoms with Crippen molar-refractivity contribution in [1.29, 1.82) is 0 Å². The third kappa shape index (κ3) is 3.74. The van der Waals surface area contributed by atoms with Crippen molar-refractivity contribution < 1.29 is 14.3 Å². The summed E-state index contributed by atoms with van der Waals surface area (Å²) in [7, 11) is 1.70. The number of rotatable bonds is 4. The maximum Gasteiger partial charge on any atom is 0.319 e. The number of nitrogens with zero attached hydrogens (tertiary/aromatic N) is 2. The molecule has 0 saturated heterocycles. The van der Waals surface area contributed by atoms with E-state index in [2.05, 4.69) is 15.6 Å². The van der Waals surface area contributed by atoms with E-state index in [1.54, 1.807) is 53.9 Å². The van der Waals surface area contributed by atoms with Crippen molar-refractivity contribution in [3.63, 3.8) is 0 Å². The number of fused-ring (bicyclic) bond motifs is 1. The van der Waals surface area contributed by atoms with Crippen molar-refractivity contribution in [1.82, 2.24) is 10.3 Å². The summed E-state index contributed by atoms with van der Waals surface area (Å²) in [4.78, 5) is 30.9. The molecule has 0 aliphatic carbocycles. The Hall–Kier alpha value is -2.61. The van der Waals surface area contributed by atoms with Crippen LogP contribution in [0.2, 0.25) is 0 Å². The highest BCUT2D eigenvalue weighted by Gasteiger charge is 2.29. The zero-order valence-electron chi connectivity index (χ0n) is 14.3. The Morgan fingerprint density at radius 3 is 2.96 bits per heavy atom. The minimum Gasteiger partial charge on any atom is -0.479 e. The molecule has 3 rings (SSSR count). The standard InChI is InChI=1S/C17H20N4O3S/c1-10-15(25-9-19-10)6-7-18-17(23)20-12-4-5-14-13(8-12)21(3)16(22)11(2)24-14/h4-5,8-9,11H,6-7H2,1-3H3,(H2,18,20,23). The molecule has 1 aromatic carbocycles. The second kappa shape index (κ2) is 7.10. The molecule has 1 atom stereocenters. The summed E-state index contributed by atoms with van der Waals surface area (Å²) in [5.41, 5.74) is 4.05. The summed E-state index contributed by atoms with van der Waals surface area (Å²) in [6.07, 6.45) is 0.242. The number of benzene rings is 1. The van der Waals surface area contributed by atoms with Crippen LogP contribution < -0.4 is 20.3 Å². The molecular formula is C17H20N4O3S. The van der Waals surface area contributed by atoms with E-state index in [4.69, 9.17) is 4.74 Å². The van der Waals surface area contributed by atoms with Crippen LogP contribution >= 0.6 is 11.3 Å². The van der Waals surface area contributed by atoms with E-state index < -0.39 is 6.10 Å². The first-order valence-corrected chi connectivity index (χ1v) is 8.85. The second-order valence-corrected chi connectivity index (χ2v) is 6.77. The van der Waals surface area contributed by atoms with E-state index >= 15 is 0 Å². The molecular weight excluding hydrogens is 340 g/mol. The van der Waals surface area contributed by atoms with Gasteiger partial charge in [-0.2, -0.15) is 0 Å². The number of ether oxygens (including phenoxy) is 1. The molecule has 0 bridgehead atoms. The number of carbonyl (C=O) groups is 2. The van der Waals surface area contributed by atoms with Crippen LogP contribution in [0.3, 0.4) is 0 Å². The van der Waals surface area contributed by atoms with Crippen molar-refractivity contribution in [2.75, 3.05) is 23.8 Å². The zero-order chi connectivity index (χ0) is 18.0. The third-order valence-electron chi connectivity index (χ3n) is 4.04. The molecule has 0 saturated carbocycles. The van der Waals surface area contributed by atoms with Gasteiger partial charge < -0.3 is 20.3 Å². The Kier molecular flexibility index (Phi) is 4.89. The molecule has 0 fully saturated rings. The molecule has 2 heterocycles. The van der Waals surface area contributed by atoms with Gasteiger partial charge in [-0.25, -0.2) is 9.78 Å². The number of carbonyl (C=O) groups excluding carboxylic acids is 2. The smallest absolute Gasteiger partial charge is 0.319 e. The monoisotopic (exact) mass is 360 g/mol. The first kappa shape index (κ1) is 17.2. The molecule has 2 aromatic rings. The zero-order valence-corrected chi connectivity index (χ0v) is 15.1. The predicted octanol–water partition coefficient (Wildman–Crippen LogP) is 2.56. The highest BCUT2D eigenvalue weighted by molar-refractivity contribution is 7.09. The van der Waals surface area contributed by atoms with Gasteiger partial charge in [-0.3, -0.25) is 4.79 Å². The molecule has 7 nitrogen and oxygen atoms in total. The molecule has 2 N–H and O–H groups in total. The first-order chi connectivity index (χ1) is 12.0. The normalized spacial score (nSPS) is 16.2. The molecule has 1 unspecified atom stereocenters. The number of aromatic nitrogens is 1. The SMILES string of the molecule is Cc1ncsc1CCNC(=O)Nc1ccc2c(c1)N(C)C(=O)C(C)O2. The number of likely N-dealkylation sites (N-methyl/N-ethyl adjacent to an activating group) is 1. The molecule has 0 radical (unpaired) electrons. The van der Waals surface area contributed by atoms with Crippen LogP contribution in [0.1, 0.15) is 17.5 Å². The fraction of sp³-hybridized carbons (Fsp3) is 0.353. The van der Waals surface area contributed by atoms with Gasteiger partial charge in [0.25, 0.3) is 5.91 Å². The van der Waals surface area contributed by atoms with Crippen molar-refractivity contribution in [3.05, 3.63) is 34.3 Å². The Balaban J connectivity index is 1.59. The van der Waals surface area contributed by atoms with Crippen molar-refractivity contribution in [2.45, 2.75) is 26.4 Å². The van der Waals surface area contributed by atoms with Crippen molar-refractivity contribution in [2.24, 2.45) is 0 Å². The fourth-order valence-electron chi connectivity index (χ4n) is 2.62. The topological polar surface area (TPSA) is 83.6 Å². The van der Waals surface area contributed by atoms with Crippen molar-refractivity contribution in [3.8, 4) is 5.75 Å². The minimum absolute atomic E-state index is 0.117. The van der Waals surface area contributed by atoms with Crippen LogP contribution in [-0.4, -0.2) is 36.6 Å². The van der Waals surface area contributed by atoms with E-state index in [1.807, 2.05) is 6.92 Å². The molecule has 1 aliphatic heterocycles. The highest BCUT2D eigenvalue weighted by Crippen LogP contribution is 2.35. The maximum absolute atomic E-state index is 12.0. The van der Waals surface area contributed by atoms with Crippen molar-refractivity contribution >= 4 is 34.6 Å². The van der Waals surface area contributed by atoms with Gasteiger partial charge in [-0.05, 0) is 32.0 Å². The lowest BCUT2D eigenvalue weighted by Gasteiger charge is -2.30. The number of anilines is 2. The van der Waals surface area contributed by atoms with E-state index in [0.717, 1.165) is 12.1 Å². The number of hydrogen-bond donors (Lipinski definition) is 2. The Bertz CT molecular complexity index is 805. The van der Waals surface area contributed by atoms with Crippen LogP contribution in [0.5, 0.6) is 5.75 Å². The molecule has 1 aromatic heterocycles. The largest absolute Gasteiger partial charge is 0.479 e. The summed E-state index contributed by atoms with van der Waals surface area (Å²) < 4.78 is 5.57. The third-order valence-corrected chi connectivity index (χ3v) is 5.04. The number of nitrogens with one attached hydrogen (secondary N) is 2. The van der Waals surface area contributed by atoms with Crippen LogP contribution in [0.15, 0.2) is 23.7 Å². The maximum atomic E-state index is 12.0. The lowest BCUT2D eigenvalue weighted by atomic mass is 10.2. The molecule has 3 amide bonds. The average Bonchev–Trinajstić information content (AvgIpc) is 2.99. The Morgan fingerprint density at radius 1 is 1.44 bits per heavy atom. The quantitative estimate of drug-likeness (QED) is 0.878. The van der Waals surface area contributed by atoms with Crippen LogP contribution in [0.4, 0.5) is 16.2 Å². The van der Waals surface area contributed by atoms with E-state index in [-0.39, 0.29) is 11.9 Å². The van der Waals surface area contributed by atoms with Gasteiger partial charge in [0.15, 0.2) is 6.10 Å². The van der Waals surface area contributed by atoms with Gasteiger partial charge in [0.05, 0.1) is 16.9 Å². The summed E-state index contributed by atoms with van der Waals surface area (Å²) >= 11 is 1.59. The molecule has 25 heavy (non-hydrogen) atoms. The number of thiazole rings is 1. The van der Waals surface area contributed by atoms with Gasteiger partial charge in [-0.1, -0.05) is 0 Å². The van der Waals surface area contributed by atoms with E-state index in [0.29, 0.717) is 23.7 Å². The molecule has 1 aliphatic rings. The van der Waals surface area contributed by atoms with Gasteiger partial charge in [0.1, 0.15) is 5.75 Å². The van der Waals surface area contributed by atoms with Gasteiger partial charge >= 0.3 is 6.03 Å². The highest BCUT2D eigenvalue weighted by atomic mass is 32.1. The summed E-state index contributed by atoms with van der Waals surface area (Å²) in [5.74, 6) is 0.509. The fourth-order valence-corrected chi connectivity index (χ4v) is 3.40. The van der Waals surface area contributed by atoms with Crippen LogP contribution in [-0.2, 0) is 11.2 Å². The number of urea groups is 1. The summed E-state index contributed by atoms with van der Waals surface area (Å²) in [5, 5.41) is 5.60. The molecule has 0 spiro atoms. The van der Waals surface area contributed by atoms with E-state index in [1.165, 1.54) is 4.88 Å². The molecule has 8 heteroatoms. The summed E-state index contributed by atoms with van der Waals surface area (Å²) in [6.45, 7) is 4.20. The van der Waals surface area contributed by atoms with Crippen LogP contribution in [0, 0.1) is 6.92 Å². The lowest BCUT2D eigenvalue weighted by molar-refractivity contribution is -0.125. The first-order valence-electron chi connectivity index (χ1n) is 7.98. The van der Waals surface area contributed by atoms with Crippen LogP contribution in [0.25, 0.3) is 0 Å². The average molecular weight is 360 g/mol. The summed E-state index contributed by atoms with van der Waals surface area (Å²) in [6, 6.07) is 4.94. The Morgan fingerprint density at radius 2 is 2.24 bits per heavy atom. The second-order valence-electron chi connectivity index (χ2n) is 5.83. The lowest BCUT2D eigenvalue weighted by Crippen LogP contribution is -2.42. The number of amides is 3. The van der Waals surface area contributed by atoms with E-state index in [9.17, 15) is 9.59 Å². The Labute approximate surface area is 150 Å². The predicted molar refractivity (Wildman–Crippen MR) is 97.5 cm³/mol. The van der Waals surface area contributed by atoms with Gasteiger partial charge in [-0.15, -0.1) is 11.3 Å². The van der Waals surface area contributed by atoms with Gasteiger partial charge in [0.2, 0.25) is 0 Å².